The summed E-state index contributed by atoms with van der Waals surface area (Å²) in [5.41, 5.74) is 5.99. The summed E-state index contributed by atoms with van der Waals surface area (Å²) in [6, 6.07) is 19.0. The lowest BCUT2D eigenvalue weighted by Crippen LogP contribution is -2.13. The summed E-state index contributed by atoms with van der Waals surface area (Å²) < 4.78 is 27.9. The molecule has 0 saturated carbocycles. The highest BCUT2D eigenvalue weighted by Gasteiger charge is 2.21. The van der Waals surface area contributed by atoms with Gasteiger partial charge in [0, 0.05) is 0 Å². The molecule has 3 aromatic carbocycles. The van der Waals surface area contributed by atoms with E-state index in [1.807, 2.05) is 12.1 Å². The Kier molecular flexibility index (Phi) is 4.96. The van der Waals surface area contributed by atoms with Gasteiger partial charge >= 0.3 is 0 Å². The van der Waals surface area contributed by atoms with Gasteiger partial charge in [-0.25, -0.2) is 8.78 Å². The molecule has 0 fully saturated rings. The second kappa shape index (κ2) is 7.56. The Bertz CT molecular complexity index is 1040. The van der Waals surface area contributed by atoms with E-state index in [9.17, 15) is 8.78 Å². The number of nitrogens with zero attached hydrogens (tertiary/aromatic N) is 1. The van der Waals surface area contributed by atoms with E-state index in [1.54, 1.807) is 6.07 Å². The SMILES string of the molecule is CCc1ccc(C2CCc3cc(-c4cc(F)c(C#N)c(F)c4)ccc3C2)cc1. The van der Waals surface area contributed by atoms with Crippen LogP contribution in [0.25, 0.3) is 11.1 Å². The van der Waals surface area contributed by atoms with E-state index in [0.717, 1.165) is 31.2 Å². The van der Waals surface area contributed by atoms with Crippen LogP contribution in [0, 0.1) is 23.0 Å². The Hall–Kier alpha value is -2.99. The molecular weight excluding hydrogens is 352 g/mol. The molecule has 0 amide bonds. The predicted molar refractivity (Wildman–Crippen MR) is 107 cm³/mol. The number of nitriles is 1. The van der Waals surface area contributed by atoms with Gasteiger partial charge in [-0.05, 0) is 77.1 Å². The fraction of sp³-hybridized carbons (Fsp3) is 0.240. The Labute approximate surface area is 164 Å². The molecule has 0 spiro atoms. The quantitative estimate of drug-likeness (QED) is 0.526. The molecule has 4 rings (SSSR count). The van der Waals surface area contributed by atoms with E-state index in [2.05, 4.69) is 37.3 Å². The molecule has 28 heavy (non-hydrogen) atoms. The summed E-state index contributed by atoms with van der Waals surface area (Å²) in [6.45, 7) is 2.16. The molecule has 1 unspecified atom stereocenters. The first kappa shape index (κ1) is 18.4. The highest BCUT2D eigenvalue weighted by atomic mass is 19.1. The maximum Gasteiger partial charge on any atom is 0.144 e. The second-order valence-corrected chi connectivity index (χ2v) is 7.45. The van der Waals surface area contributed by atoms with Crippen molar-refractivity contribution in [2.75, 3.05) is 0 Å². The zero-order valence-electron chi connectivity index (χ0n) is 15.8. The molecule has 1 aliphatic carbocycles. The van der Waals surface area contributed by atoms with Crippen LogP contribution >= 0.6 is 0 Å². The molecule has 3 aromatic rings. The van der Waals surface area contributed by atoms with E-state index in [1.165, 1.54) is 34.4 Å². The largest absolute Gasteiger partial charge is 0.205 e. The van der Waals surface area contributed by atoms with Crippen LogP contribution in [0.2, 0.25) is 0 Å². The van der Waals surface area contributed by atoms with Gasteiger partial charge in [-0.2, -0.15) is 5.26 Å². The zero-order chi connectivity index (χ0) is 19.7. The number of halogens is 2. The first-order chi connectivity index (χ1) is 13.6. The molecule has 3 heteroatoms. The summed E-state index contributed by atoms with van der Waals surface area (Å²) in [4.78, 5) is 0. The molecule has 0 N–H and O–H groups in total. The van der Waals surface area contributed by atoms with Gasteiger partial charge in [0.2, 0.25) is 0 Å². The van der Waals surface area contributed by atoms with Crippen LogP contribution in [0.15, 0.2) is 54.6 Å². The summed E-state index contributed by atoms with van der Waals surface area (Å²) in [7, 11) is 0. The van der Waals surface area contributed by atoms with Crippen LogP contribution < -0.4 is 0 Å². The Morgan fingerprint density at radius 1 is 0.929 bits per heavy atom. The lowest BCUT2D eigenvalue weighted by molar-refractivity contribution is 0.577. The maximum absolute atomic E-state index is 14.0. The Morgan fingerprint density at radius 3 is 2.29 bits per heavy atom. The maximum atomic E-state index is 14.0. The molecule has 0 aliphatic heterocycles. The van der Waals surface area contributed by atoms with Crippen molar-refractivity contribution in [1.29, 1.82) is 5.26 Å². The highest BCUT2D eigenvalue weighted by molar-refractivity contribution is 5.66. The number of rotatable bonds is 3. The normalized spacial score (nSPS) is 15.7. The van der Waals surface area contributed by atoms with E-state index in [4.69, 9.17) is 5.26 Å². The molecule has 1 nitrogen and oxygen atoms in total. The molecule has 0 bridgehead atoms. The number of hydrogen-bond donors (Lipinski definition) is 0. The lowest BCUT2D eigenvalue weighted by Gasteiger charge is -2.26. The van der Waals surface area contributed by atoms with Gasteiger partial charge < -0.3 is 0 Å². The van der Waals surface area contributed by atoms with Crippen LogP contribution in [0.5, 0.6) is 0 Å². The fourth-order valence-electron chi connectivity index (χ4n) is 4.09. The van der Waals surface area contributed by atoms with Crippen molar-refractivity contribution in [3.8, 4) is 17.2 Å². The van der Waals surface area contributed by atoms with Crippen LogP contribution in [-0.4, -0.2) is 0 Å². The monoisotopic (exact) mass is 373 g/mol. The smallest absolute Gasteiger partial charge is 0.144 e. The highest BCUT2D eigenvalue weighted by Crippen LogP contribution is 2.35. The molecule has 140 valence electrons. The van der Waals surface area contributed by atoms with Crippen LogP contribution in [0.4, 0.5) is 8.78 Å². The van der Waals surface area contributed by atoms with Crippen molar-refractivity contribution >= 4 is 0 Å². The third-order valence-corrected chi connectivity index (χ3v) is 5.78. The predicted octanol–water partition coefficient (Wildman–Crippen LogP) is 6.34. The lowest BCUT2D eigenvalue weighted by atomic mass is 9.79. The summed E-state index contributed by atoms with van der Waals surface area (Å²) in [5.74, 6) is -1.12. The van der Waals surface area contributed by atoms with E-state index < -0.39 is 17.2 Å². The summed E-state index contributed by atoms with van der Waals surface area (Å²) in [6.07, 6.45) is 4.05. The van der Waals surface area contributed by atoms with Crippen LogP contribution in [-0.2, 0) is 19.3 Å². The van der Waals surface area contributed by atoms with Crippen LogP contribution in [0.1, 0.15) is 47.1 Å². The molecule has 0 aromatic heterocycles. The first-order valence-corrected chi connectivity index (χ1v) is 9.69. The molecule has 1 atom stereocenters. The standard InChI is InChI=1S/C25H21F2N/c1-2-16-3-5-17(6-4-16)18-7-8-20-12-21(10-9-19(20)11-18)22-13-24(26)23(15-28)25(27)14-22/h3-6,9-10,12-14,18H,2,7-8,11H2,1H3. The minimum absolute atomic E-state index is 0.467. The first-order valence-electron chi connectivity index (χ1n) is 9.69. The third kappa shape index (κ3) is 3.43. The fourth-order valence-corrected chi connectivity index (χ4v) is 4.09. The summed E-state index contributed by atoms with van der Waals surface area (Å²) >= 11 is 0. The molecule has 1 aliphatic rings. The molecule has 0 heterocycles. The zero-order valence-corrected chi connectivity index (χ0v) is 15.8. The summed E-state index contributed by atoms with van der Waals surface area (Å²) in [5, 5.41) is 8.84. The van der Waals surface area contributed by atoms with Crippen molar-refractivity contribution in [3.05, 3.63) is 94.0 Å². The average Bonchev–Trinajstić information content (AvgIpc) is 2.73. The number of hydrogen-bond acceptors (Lipinski definition) is 1. The van der Waals surface area contributed by atoms with E-state index >= 15 is 0 Å². The minimum Gasteiger partial charge on any atom is -0.205 e. The van der Waals surface area contributed by atoms with Crippen molar-refractivity contribution in [3.63, 3.8) is 0 Å². The molecule has 0 radical (unpaired) electrons. The number of benzene rings is 3. The molecule has 0 saturated heterocycles. The van der Waals surface area contributed by atoms with Crippen molar-refractivity contribution in [2.24, 2.45) is 0 Å². The van der Waals surface area contributed by atoms with Gasteiger partial charge in [0.05, 0.1) is 0 Å². The van der Waals surface area contributed by atoms with E-state index in [-0.39, 0.29) is 0 Å². The van der Waals surface area contributed by atoms with Crippen molar-refractivity contribution in [1.82, 2.24) is 0 Å². The van der Waals surface area contributed by atoms with Crippen molar-refractivity contribution < 1.29 is 8.78 Å². The van der Waals surface area contributed by atoms with Gasteiger partial charge in [-0.15, -0.1) is 0 Å². The minimum atomic E-state index is -0.814. The second-order valence-electron chi connectivity index (χ2n) is 7.45. The van der Waals surface area contributed by atoms with Gasteiger partial charge in [0.15, 0.2) is 0 Å². The van der Waals surface area contributed by atoms with Gasteiger partial charge in [0.1, 0.15) is 23.3 Å². The van der Waals surface area contributed by atoms with E-state index in [0.29, 0.717) is 11.5 Å². The Morgan fingerprint density at radius 2 is 1.64 bits per heavy atom. The van der Waals surface area contributed by atoms with Gasteiger partial charge in [0.25, 0.3) is 0 Å². The Balaban J connectivity index is 1.60. The van der Waals surface area contributed by atoms with Crippen molar-refractivity contribution in [2.45, 2.75) is 38.5 Å². The van der Waals surface area contributed by atoms with Gasteiger partial charge in [-0.3, -0.25) is 0 Å². The van der Waals surface area contributed by atoms with Crippen LogP contribution in [0.3, 0.4) is 0 Å². The number of fused-ring (bicyclic) bond motifs is 1. The molecular formula is C25H21F2N. The van der Waals surface area contributed by atoms with Gasteiger partial charge in [-0.1, -0.05) is 49.4 Å². The number of aryl methyl sites for hydroxylation is 2. The third-order valence-electron chi connectivity index (χ3n) is 5.78. The topological polar surface area (TPSA) is 23.8 Å². The average molecular weight is 373 g/mol.